The third kappa shape index (κ3) is 11.3. The van der Waals surface area contributed by atoms with Gasteiger partial charge in [-0.3, -0.25) is 4.79 Å². The molecule has 0 aliphatic carbocycles. The lowest BCUT2D eigenvalue weighted by molar-refractivity contribution is -0.117. The molecule has 0 atom stereocenters. The van der Waals surface area contributed by atoms with E-state index in [0.29, 0.717) is 0 Å². The van der Waals surface area contributed by atoms with Crippen molar-refractivity contribution in [2.75, 3.05) is 18.4 Å². The Morgan fingerprint density at radius 1 is 1.30 bits per heavy atom. The molecule has 0 aliphatic heterocycles. The predicted molar refractivity (Wildman–Crippen MR) is 93.8 cm³/mol. The van der Waals surface area contributed by atoms with Crippen LogP contribution < -0.4 is 16.4 Å². The Balaban J connectivity index is 0.000000422. The topological polar surface area (TPSA) is 93.4 Å². The summed E-state index contributed by atoms with van der Waals surface area (Å²) >= 11 is 5.91. The molecule has 0 fully saturated rings. The van der Waals surface area contributed by atoms with E-state index in [9.17, 15) is 9.59 Å². The Hall–Kier alpha value is -1.95. The Morgan fingerprint density at radius 2 is 1.91 bits per heavy atom. The van der Waals surface area contributed by atoms with Gasteiger partial charge in [0.25, 0.3) is 0 Å². The minimum atomic E-state index is -0.638. The van der Waals surface area contributed by atoms with Gasteiger partial charge in [-0.25, -0.2) is 4.79 Å². The van der Waals surface area contributed by atoms with Gasteiger partial charge in [-0.15, -0.1) is 0 Å². The molecule has 0 aliphatic rings. The number of carbonyl (C=O) groups excluding carboxylic acids is 2. The second-order valence-electron chi connectivity index (χ2n) is 5.82. The van der Waals surface area contributed by atoms with Gasteiger partial charge in [-0.1, -0.05) is 17.7 Å². The highest BCUT2D eigenvalue weighted by Crippen LogP contribution is 2.19. The molecule has 1 rings (SSSR count). The van der Waals surface area contributed by atoms with Crippen LogP contribution in [0.5, 0.6) is 0 Å². The van der Waals surface area contributed by atoms with Gasteiger partial charge in [0, 0.05) is 17.3 Å². The van der Waals surface area contributed by atoms with Crippen molar-refractivity contribution in [3.05, 3.63) is 28.8 Å². The standard InChI is InChI=1S/C9H12ClN.C7H14N2O3/c1-3-11-8-5-4-7(2)9(10)6-8;1-7(2,3)12-6(11)9-4-5(8)10/h4-6,11H,3H2,1-2H3;4H2,1-3H3,(H2,8,10)(H,9,11). The fourth-order valence-corrected chi connectivity index (χ4v) is 1.56. The van der Waals surface area contributed by atoms with Crippen molar-refractivity contribution >= 4 is 29.3 Å². The predicted octanol–water partition coefficient (Wildman–Crippen LogP) is 3.08. The van der Waals surface area contributed by atoms with Gasteiger partial charge in [-0.05, 0) is 52.3 Å². The van der Waals surface area contributed by atoms with E-state index in [1.807, 2.05) is 25.1 Å². The van der Waals surface area contributed by atoms with Crippen molar-refractivity contribution in [3.63, 3.8) is 0 Å². The molecule has 0 bridgehead atoms. The number of rotatable bonds is 4. The summed E-state index contributed by atoms with van der Waals surface area (Å²) in [6.07, 6.45) is -0.638. The van der Waals surface area contributed by atoms with E-state index in [-0.39, 0.29) is 6.54 Å². The van der Waals surface area contributed by atoms with E-state index in [1.165, 1.54) is 0 Å². The Morgan fingerprint density at radius 3 is 2.35 bits per heavy atom. The summed E-state index contributed by atoms with van der Waals surface area (Å²) in [5, 5.41) is 6.22. The molecule has 7 heteroatoms. The van der Waals surface area contributed by atoms with Crippen molar-refractivity contribution in [2.45, 2.75) is 40.2 Å². The summed E-state index contributed by atoms with van der Waals surface area (Å²) in [6.45, 7) is 9.99. The van der Waals surface area contributed by atoms with Gasteiger partial charge in [0.1, 0.15) is 5.60 Å². The van der Waals surface area contributed by atoms with Crippen LogP contribution in [-0.4, -0.2) is 30.7 Å². The van der Waals surface area contributed by atoms with Gasteiger partial charge in [-0.2, -0.15) is 0 Å². The maximum absolute atomic E-state index is 10.8. The normalized spacial score (nSPS) is 10.2. The molecular formula is C16H26ClN3O3. The van der Waals surface area contributed by atoms with Crippen LogP contribution >= 0.6 is 11.6 Å². The van der Waals surface area contributed by atoms with E-state index in [0.717, 1.165) is 22.8 Å². The molecule has 23 heavy (non-hydrogen) atoms. The van der Waals surface area contributed by atoms with Crippen molar-refractivity contribution in [1.29, 1.82) is 0 Å². The number of ether oxygens (including phenoxy) is 1. The number of hydrogen-bond donors (Lipinski definition) is 3. The van der Waals surface area contributed by atoms with Crippen molar-refractivity contribution in [2.24, 2.45) is 5.73 Å². The van der Waals surface area contributed by atoms with Crippen LogP contribution in [0.25, 0.3) is 0 Å². The van der Waals surface area contributed by atoms with Gasteiger partial charge < -0.3 is 21.1 Å². The fourth-order valence-electron chi connectivity index (χ4n) is 1.38. The maximum atomic E-state index is 10.8. The third-order valence-electron chi connectivity index (χ3n) is 2.36. The first-order valence-electron chi connectivity index (χ1n) is 7.30. The van der Waals surface area contributed by atoms with Crippen molar-refractivity contribution < 1.29 is 14.3 Å². The minimum Gasteiger partial charge on any atom is -0.444 e. The van der Waals surface area contributed by atoms with Crippen LogP contribution in [0.3, 0.4) is 0 Å². The lowest BCUT2D eigenvalue weighted by atomic mass is 10.2. The smallest absolute Gasteiger partial charge is 0.408 e. The molecule has 130 valence electrons. The molecule has 0 aromatic heterocycles. The number of primary amides is 1. The van der Waals surface area contributed by atoms with E-state index in [2.05, 4.69) is 17.6 Å². The number of halogens is 1. The van der Waals surface area contributed by atoms with Crippen LogP contribution in [0.2, 0.25) is 5.02 Å². The molecular weight excluding hydrogens is 318 g/mol. The number of alkyl carbamates (subject to hydrolysis) is 1. The number of nitrogens with one attached hydrogen (secondary N) is 2. The molecule has 4 N–H and O–H groups in total. The highest BCUT2D eigenvalue weighted by atomic mass is 35.5. The molecule has 6 nitrogen and oxygen atoms in total. The van der Waals surface area contributed by atoms with Crippen LogP contribution in [0.4, 0.5) is 10.5 Å². The number of anilines is 1. The van der Waals surface area contributed by atoms with E-state index >= 15 is 0 Å². The highest BCUT2D eigenvalue weighted by Gasteiger charge is 2.15. The zero-order chi connectivity index (χ0) is 18.0. The van der Waals surface area contributed by atoms with Crippen molar-refractivity contribution in [3.8, 4) is 0 Å². The monoisotopic (exact) mass is 343 g/mol. The first kappa shape index (κ1) is 21.0. The first-order valence-corrected chi connectivity index (χ1v) is 7.68. The molecule has 0 heterocycles. The zero-order valence-electron chi connectivity index (χ0n) is 14.3. The van der Waals surface area contributed by atoms with Gasteiger partial charge in [0.15, 0.2) is 0 Å². The molecule has 0 spiro atoms. The van der Waals surface area contributed by atoms with E-state index < -0.39 is 17.6 Å². The summed E-state index contributed by atoms with van der Waals surface area (Å²) in [4.78, 5) is 21.0. The number of amides is 2. The SMILES string of the molecule is CC(C)(C)OC(=O)NCC(N)=O.CCNc1ccc(C)c(Cl)c1. The summed E-state index contributed by atoms with van der Waals surface area (Å²) in [5.74, 6) is -0.596. The molecule has 1 aromatic rings. The Labute approximate surface area is 142 Å². The second-order valence-corrected chi connectivity index (χ2v) is 6.22. The lowest BCUT2D eigenvalue weighted by Gasteiger charge is -2.19. The summed E-state index contributed by atoms with van der Waals surface area (Å²) in [5.41, 5.74) is 6.45. The second kappa shape index (κ2) is 9.94. The quantitative estimate of drug-likeness (QED) is 0.783. The summed E-state index contributed by atoms with van der Waals surface area (Å²) < 4.78 is 4.83. The Kier molecular flexibility index (Phi) is 9.10. The van der Waals surface area contributed by atoms with E-state index in [4.69, 9.17) is 22.1 Å². The number of benzene rings is 1. The Bertz CT molecular complexity index is 528. The average Bonchev–Trinajstić information content (AvgIpc) is 2.40. The number of nitrogens with two attached hydrogens (primary N) is 1. The van der Waals surface area contributed by atoms with Gasteiger partial charge in [0.05, 0.1) is 6.54 Å². The van der Waals surface area contributed by atoms with Crippen LogP contribution in [0, 0.1) is 6.92 Å². The highest BCUT2D eigenvalue weighted by molar-refractivity contribution is 6.31. The zero-order valence-corrected chi connectivity index (χ0v) is 15.1. The minimum absolute atomic E-state index is 0.199. The summed E-state index contributed by atoms with van der Waals surface area (Å²) in [6, 6.07) is 5.99. The maximum Gasteiger partial charge on any atom is 0.408 e. The average molecular weight is 344 g/mol. The fraction of sp³-hybridized carbons (Fsp3) is 0.500. The van der Waals surface area contributed by atoms with Crippen LogP contribution in [0.1, 0.15) is 33.3 Å². The molecule has 0 saturated carbocycles. The van der Waals surface area contributed by atoms with Crippen molar-refractivity contribution in [1.82, 2.24) is 5.32 Å². The molecule has 0 saturated heterocycles. The molecule has 0 unspecified atom stereocenters. The lowest BCUT2D eigenvalue weighted by Crippen LogP contribution is -2.37. The number of hydrogen-bond acceptors (Lipinski definition) is 4. The first-order chi connectivity index (χ1) is 10.5. The van der Waals surface area contributed by atoms with Gasteiger partial charge in [0.2, 0.25) is 5.91 Å². The molecule has 2 amide bonds. The third-order valence-corrected chi connectivity index (χ3v) is 2.77. The van der Waals surface area contributed by atoms with E-state index in [1.54, 1.807) is 20.8 Å². The number of carbonyl (C=O) groups is 2. The van der Waals surface area contributed by atoms with Crippen LogP contribution in [0.15, 0.2) is 18.2 Å². The molecule has 0 radical (unpaired) electrons. The summed E-state index contributed by atoms with van der Waals surface area (Å²) in [7, 11) is 0. The van der Waals surface area contributed by atoms with Crippen LogP contribution in [-0.2, 0) is 9.53 Å². The largest absolute Gasteiger partial charge is 0.444 e. The number of aryl methyl sites for hydroxylation is 1. The molecule has 1 aromatic carbocycles. The van der Waals surface area contributed by atoms with Gasteiger partial charge >= 0.3 is 6.09 Å².